The third kappa shape index (κ3) is 3.51. The molecule has 0 radical (unpaired) electrons. The topological polar surface area (TPSA) is 7.76 Å². The van der Waals surface area contributed by atoms with E-state index in [1.165, 1.54) is 87.9 Å². The standard InChI is InChI=1S/C46H36N2S/c1-3-30-15-18-35-36-19-16-31(22-34-17-14-29(2)49-34)24-41(36)45(40(35)23-30)27-32-25-38-42(26-33(32)28-45)46(48-21-9-7-13-44(38)48)39-11-5-4-10-37(39)43-12-6-8-20-47(43)46/h4-21,23-26H,3,22,27-28H2,1-2H3/q+2. The van der Waals surface area contributed by atoms with E-state index in [0.29, 0.717) is 0 Å². The van der Waals surface area contributed by atoms with Crippen LogP contribution in [-0.4, -0.2) is 0 Å². The second-order valence-corrected chi connectivity index (χ2v) is 15.9. The summed E-state index contributed by atoms with van der Waals surface area (Å²) < 4.78 is 5.06. The van der Waals surface area contributed by atoms with E-state index >= 15 is 0 Å². The molecule has 2 nitrogen and oxygen atoms in total. The molecule has 4 aromatic carbocycles. The van der Waals surface area contributed by atoms with Crippen molar-refractivity contribution in [2.24, 2.45) is 0 Å². The van der Waals surface area contributed by atoms with Crippen molar-refractivity contribution in [1.82, 2.24) is 0 Å². The Hall–Kier alpha value is -5.12. The molecule has 0 amide bonds. The minimum Gasteiger partial charge on any atom is -0.145 e. The van der Waals surface area contributed by atoms with E-state index in [-0.39, 0.29) is 5.41 Å². The van der Waals surface area contributed by atoms with Gasteiger partial charge < -0.3 is 0 Å². The lowest BCUT2D eigenvalue weighted by molar-refractivity contribution is -0.955. The molecule has 49 heavy (non-hydrogen) atoms. The van der Waals surface area contributed by atoms with E-state index < -0.39 is 5.66 Å². The van der Waals surface area contributed by atoms with Crippen molar-refractivity contribution < 1.29 is 9.13 Å². The number of hydrogen-bond donors (Lipinski definition) is 0. The molecule has 234 valence electrons. The molecule has 2 unspecified atom stereocenters. The normalized spacial score (nSPS) is 19.8. The van der Waals surface area contributed by atoms with Crippen LogP contribution in [0.3, 0.4) is 0 Å². The number of pyridine rings is 2. The number of hydrogen-bond acceptors (Lipinski definition) is 1. The van der Waals surface area contributed by atoms with E-state index in [9.17, 15) is 0 Å². The number of aryl methyl sites for hydroxylation is 2. The van der Waals surface area contributed by atoms with Gasteiger partial charge in [-0.25, -0.2) is 0 Å². The number of benzene rings is 4. The van der Waals surface area contributed by atoms with Crippen LogP contribution in [0.5, 0.6) is 0 Å². The number of aromatic nitrogens is 2. The van der Waals surface area contributed by atoms with Gasteiger partial charge in [0.1, 0.15) is 11.1 Å². The largest absolute Gasteiger partial charge is 0.417 e. The molecule has 2 aliphatic heterocycles. The van der Waals surface area contributed by atoms with Crippen LogP contribution in [0, 0.1) is 6.92 Å². The van der Waals surface area contributed by atoms with E-state index in [2.05, 4.69) is 157 Å². The zero-order valence-corrected chi connectivity index (χ0v) is 28.6. The van der Waals surface area contributed by atoms with Gasteiger partial charge in [-0.1, -0.05) is 55.5 Å². The fourth-order valence-electron chi connectivity index (χ4n) is 9.99. The van der Waals surface area contributed by atoms with Crippen LogP contribution in [0.15, 0.2) is 134 Å². The molecule has 0 saturated heterocycles. The van der Waals surface area contributed by atoms with Crippen molar-refractivity contribution >= 4 is 11.3 Å². The molecule has 2 aliphatic carbocycles. The fourth-order valence-corrected chi connectivity index (χ4v) is 10.9. The Morgan fingerprint density at radius 3 is 1.94 bits per heavy atom. The predicted octanol–water partition coefficient (Wildman–Crippen LogP) is 9.11. The maximum atomic E-state index is 2.61. The summed E-state index contributed by atoms with van der Waals surface area (Å²) in [5.74, 6) is 0. The second-order valence-electron chi connectivity index (χ2n) is 14.5. The molecule has 2 spiro atoms. The van der Waals surface area contributed by atoms with Gasteiger partial charge in [0.15, 0.2) is 12.4 Å². The van der Waals surface area contributed by atoms with Crippen molar-refractivity contribution in [3.05, 3.63) is 188 Å². The third-order valence-corrected chi connectivity index (χ3v) is 13.0. The van der Waals surface area contributed by atoms with Gasteiger partial charge in [0, 0.05) is 45.9 Å². The molecule has 0 saturated carbocycles. The van der Waals surface area contributed by atoms with E-state index in [4.69, 9.17) is 0 Å². The summed E-state index contributed by atoms with van der Waals surface area (Å²) in [5.41, 5.74) is 19.2. The molecule has 2 atom stereocenters. The van der Waals surface area contributed by atoms with Crippen LogP contribution in [0.4, 0.5) is 0 Å². The highest BCUT2D eigenvalue weighted by Crippen LogP contribution is 2.57. The molecule has 0 N–H and O–H groups in total. The summed E-state index contributed by atoms with van der Waals surface area (Å²) in [5, 5.41) is 0. The summed E-state index contributed by atoms with van der Waals surface area (Å²) in [6.45, 7) is 4.50. The van der Waals surface area contributed by atoms with Crippen molar-refractivity contribution in [1.29, 1.82) is 0 Å². The minimum absolute atomic E-state index is 0.0624. The average Bonchev–Trinajstić information content (AvgIpc) is 3.92. The first-order chi connectivity index (χ1) is 24.1. The number of thiophene rings is 1. The molecule has 4 aliphatic rings. The third-order valence-electron chi connectivity index (χ3n) is 12.0. The Morgan fingerprint density at radius 2 is 1.22 bits per heavy atom. The molecule has 3 aromatic heterocycles. The van der Waals surface area contributed by atoms with Crippen LogP contribution in [0.1, 0.15) is 61.2 Å². The maximum Gasteiger partial charge on any atom is 0.417 e. The first-order valence-electron chi connectivity index (χ1n) is 17.7. The summed E-state index contributed by atoms with van der Waals surface area (Å²) in [7, 11) is 0. The summed E-state index contributed by atoms with van der Waals surface area (Å²) in [6.07, 6.45) is 8.68. The Bertz CT molecular complexity index is 2510. The van der Waals surface area contributed by atoms with Gasteiger partial charge in [0.05, 0.1) is 11.1 Å². The monoisotopic (exact) mass is 648 g/mol. The van der Waals surface area contributed by atoms with Gasteiger partial charge in [0.25, 0.3) is 0 Å². The van der Waals surface area contributed by atoms with Gasteiger partial charge in [-0.05, 0) is 119 Å². The molecule has 0 bridgehead atoms. The van der Waals surface area contributed by atoms with E-state index in [1.807, 2.05) is 11.3 Å². The molecule has 0 fully saturated rings. The van der Waals surface area contributed by atoms with Gasteiger partial charge in [0.2, 0.25) is 11.4 Å². The SMILES string of the molecule is CCc1ccc2c(c1)C1(Cc3cc4c(cc3C1)C1(c3ccccc3-c3cccc[n+]31)[n+]1ccccc1-4)c1cc(Cc3ccc(C)s3)ccc1-2. The highest BCUT2D eigenvalue weighted by atomic mass is 32.1. The lowest BCUT2D eigenvalue weighted by Crippen LogP contribution is -2.71. The molecule has 3 heteroatoms. The molecule has 7 aromatic rings. The Kier molecular flexibility index (Phi) is 5.52. The van der Waals surface area contributed by atoms with Gasteiger partial charge in [-0.3, -0.25) is 0 Å². The molecular weight excluding hydrogens is 613 g/mol. The van der Waals surface area contributed by atoms with E-state index in [1.54, 1.807) is 0 Å². The number of rotatable bonds is 3. The predicted molar refractivity (Wildman–Crippen MR) is 197 cm³/mol. The smallest absolute Gasteiger partial charge is 0.145 e. The zero-order valence-electron chi connectivity index (χ0n) is 27.8. The molecule has 11 rings (SSSR count). The number of fused-ring (bicyclic) bond motifs is 16. The summed E-state index contributed by atoms with van der Waals surface area (Å²) >= 11 is 1.92. The lowest BCUT2D eigenvalue weighted by atomic mass is 9.75. The van der Waals surface area contributed by atoms with Crippen molar-refractivity contribution in [2.75, 3.05) is 0 Å². The summed E-state index contributed by atoms with van der Waals surface area (Å²) in [4.78, 5) is 2.83. The van der Waals surface area contributed by atoms with E-state index in [0.717, 1.165) is 25.7 Å². The Balaban J connectivity index is 1.13. The van der Waals surface area contributed by atoms with Crippen LogP contribution >= 0.6 is 11.3 Å². The zero-order chi connectivity index (χ0) is 32.5. The fraction of sp³-hybridized carbons (Fsp3) is 0.174. The average molecular weight is 649 g/mol. The number of nitrogens with zero attached hydrogens (tertiary/aromatic N) is 2. The first kappa shape index (κ1) is 27.8. The van der Waals surface area contributed by atoms with Crippen molar-refractivity contribution in [3.8, 4) is 33.6 Å². The van der Waals surface area contributed by atoms with Gasteiger partial charge >= 0.3 is 5.66 Å². The molecular formula is C46H36N2S+2. The Labute approximate surface area is 291 Å². The van der Waals surface area contributed by atoms with Crippen LogP contribution in [0.2, 0.25) is 0 Å². The first-order valence-corrected chi connectivity index (χ1v) is 18.5. The van der Waals surface area contributed by atoms with Crippen LogP contribution in [0.25, 0.3) is 33.6 Å². The quantitative estimate of drug-likeness (QED) is 0.169. The van der Waals surface area contributed by atoms with Crippen molar-refractivity contribution in [3.63, 3.8) is 0 Å². The van der Waals surface area contributed by atoms with Crippen LogP contribution < -0.4 is 9.13 Å². The maximum absolute atomic E-state index is 2.61. The Morgan fingerprint density at radius 1 is 0.571 bits per heavy atom. The second kappa shape index (κ2) is 9.74. The summed E-state index contributed by atoms with van der Waals surface area (Å²) in [6, 6.07) is 46.8. The van der Waals surface area contributed by atoms with Crippen LogP contribution in [-0.2, 0) is 36.8 Å². The minimum atomic E-state index is -0.462. The van der Waals surface area contributed by atoms with Gasteiger partial charge in [-0.2, -0.15) is 0 Å². The molecule has 5 heterocycles. The lowest BCUT2D eigenvalue weighted by Gasteiger charge is -2.27. The van der Waals surface area contributed by atoms with Gasteiger partial charge in [-0.15, -0.1) is 20.5 Å². The highest BCUT2D eigenvalue weighted by molar-refractivity contribution is 7.11. The van der Waals surface area contributed by atoms with Crippen molar-refractivity contribution in [2.45, 2.75) is 50.6 Å². The highest BCUT2D eigenvalue weighted by Gasteiger charge is 2.66.